The molecule has 0 aliphatic carbocycles. The summed E-state index contributed by atoms with van der Waals surface area (Å²) in [7, 11) is 0. The van der Waals surface area contributed by atoms with Crippen molar-refractivity contribution in [2.24, 2.45) is 0 Å². The molecule has 0 saturated heterocycles. The van der Waals surface area contributed by atoms with E-state index in [9.17, 15) is 14.7 Å². The number of aromatic nitrogens is 1. The van der Waals surface area contributed by atoms with Gasteiger partial charge in [0.15, 0.2) is 11.5 Å². The second kappa shape index (κ2) is 8.27. The summed E-state index contributed by atoms with van der Waals surface area (Å²) in [6.07, 6.45) is 0. The van der Waals surface area contributed by atoms with Crippen molar-refractivity contribution in [1.29, 1.82) is 0 Å². The molecule has 3 aromatic carbocycles. The fourth-order valence-electron chi connectivity index (χ4n) is 3.75. The Kier molecular flexibility index (Phi) is 5.14. The molecule has 4 aromatic rings. The quantitative estimate of drug-likeness (QED) is 0.467. The van der Waals surface area contributed by atoms with Gasteiger partial charge in [0, 0.05) is 28.3 Å². The highest BCUT2D eigenvalue weighted by Crippen LogP contribution is 2.36. The van der Waals surface area contributed by atoms with Gasteiger partial charge in [0.05, 0.1) is 16.8 Å². The number of hydrogen-bond donors (Lipinski definition) is 2. The lowest BCUT2D eigenvalue weighted by molar-refractivity contribution is 0.0698. The maximum atomic E-state index is 12.6. The fourth-order valence-corrected chi connectivity index (χ4v) is 3.75. The number of nitrogens with zero attached hydrogens (tertiary/aromatic N) is 1. The van der Waals surface area contributed by atoms with Crippen LogP contribution >= 0.6 is 0 Å². The van der Waals surface area contributed by atoms with Crippen LogP contribution in [0.15, 0.2) is 66.7 Å². The summed E-state index contributed by atoms with van der Waals surface area (Å²) in [6, 6.07) is 19.3. The first-order valence-electron chi connectivity index (χ1n) is 10.4. The average molecular weight is 440 g/mol. The number of aromatic carboxylic acids is 1. The van der Waals surface area contributed by atoms with Gasteiger partial charge in [-0.3, -0.25) is 4.79 Å². The number of amides is 1. The molecule has 1 aromatic heterocycles. The zero-order valence-electron chi connectivity index (χ0n) is 17.8. The standard InChI is InChI=1S/C26H20N2O5/c1-15-5-7-16(8-6-15)25(29)27-18-4-2-3-17(11-18)21-12-20(26(30)31)19-13-23-24(14-22(19)28-21)33-10-9-32-23/h2-8,11-14H,9-10H2,1H3,(H,27,29)(H,30,31). The molecular formula is C26H20N2O5. The maximum Gasteiger partial charge on any atom is 0.336 e. The zero-order valence-corrected chi connectivity index (χ0v) is 17.8. The van der Waals surface area contributed by atoms with Gasteiger partial charge in [0.1, 0.15) is 13.2 Å². The molecule has 2 N–H and O–H groups in total. The van der Waals surface area contributed by atoms with Crippen LogP contribution in [0, 0.1) is 6.92 Å². The smallest absolute Gasteiger partial charge is 0.336 e. The van der Waals surface area contributed by atoms with Crippen LogP contribution in [-0.2, 0) is 0 Å². The number of fused-ring (bicyclic) bond motifs is 2. The Labute approximate surface area is 189 Å². The van der Waals surface area contributed by atoms with Crippen LogP contribution in [-0.4, -0.2) is 35.2 Å². The average Bonchev–Trinajstić information content (AvgIpc) is 2.82. The van der Waals surface area contributed by atoms with E-state index in [-0.39, 0.29) is 11.5 Å². The molecule has 0 spiro atoms. The molecule has 0 unspecified atom stereocenters. The Morgan fingerprint density at radius 1 is 0.939 bits per heavy atom. The zero-order chi connectivity index (χ0) is 22.9. The minimum Gasteiger partial charge on any atom is -0.486 e. The number of aryl methyl sites for hydroxylation is 1. The van der Waals surface area contributed by atoms with Crippen molar-refractivity contribution in [1.82, 2.24) is 4.98 Å². The highest BCUT2D eigenvalue weighted by molar-refractivity contribution is 6.06. The van der Waals surface area contributed by atoms with Gasteiger partial charge in [-0.1, -0.05) is 29.8 Å². The van der Waals surface area contributed by atoms with E-state index in [1.807, 2.05) is 25.1 Å². The van der Waals surface area contributed by atoms with Gasteiger partial charge in [-0.25, -0.2) is 9.78 Å². The minimum atomic E-state index is -1.07. The third kappa shape index (κ3) is 4.08. The largest absolute Gasteiger partial charge is 0.486 e. The van der Waals surface area contributed by atoms with E-state index >= 15 is 0 Å². The van der Waals surface area contributed by atoms with Crippen LogP contribution in [0.5, 0.6) is 11.5 Å². The molecule has 7 nitrogen and oxygen atoms in total. The second-order valence-electron chi connectivity index (χ2n) is 7.77. The summed E-state index contributed by atoms with van der Waals surface area (Å²) in [5.41, 5.74) is 3.96. The normalized spacial score (nSPS) is 12.4. The lowest BCUT2D eigenvalue weighted by Crippen LogP contribution is -2.15. The number of nitrogens with one attached hydrogen (secondary N) is 1. The number of carboxylic acids is 1. The Morgan fingerprint density at radius 2 is 1.67 bits per heavy atom. The third-order valence-corrected chi connectivity index (χ3v) is 5.43. The molecule has 33 heavy (non-hydrogen) atoms. The number of carbonyl (C=O) groups is 2. The predicted molar refractivity (Wildman–Crippen MR) is 124 cm³/mol. The van der Waals surface area contributed by atoms with Gasteiger partial charge in [-0.2, -0.15) is 0 Å². The first-order chi connectivity index (χ1) is 16.0. The number of carbonyl (C=O) groups excluding carboxylic acids is 1. The summed E-state index contributed by atoms with van der Waals surface area (Å²) in [5, 5.41) is 13.2. The van der Waals surface area contributed by atoms with Gasteiger partial charge < -0.3 is 19.9 Å². The van der Waals surface area contributed by atoms with E-state index in [0.717, 1.165) is 5.56 Å². The van der Waals surface area contributed by atoms with Crippen molar-refractivity contribution >= 4 is 28.5 Å². The van der Waals surface area contributed by atoms with E-state index < -0.39 is 5.97 Å². The van der Waals surface area contributed by atoms with Crippen LogP contribution in [0.1, 0.15) is 26.3 Å². The number of pyridine rings is 1. The van der Waals surface area contributed by atoms with E-state index in [1.54, 1.807) is 42.5 Å². The number of benzene rings is 3. The first-order valence-corrected chi connectivity index (χ1v) is 10.4. The topological polar surface area (TPSA) is 97.8 Å². The fraction of sp³-hybridized carbons (Fsp3) is 0.115. The number of hydrogen-bond acceptors (Lipinski definition) is 5. The molecule has 1 aliphatic rings. The monoisotopic (exact) mass is 440 g/mol. The van der Waals surface area contributed by atoms with Crippen LogP contribution in [0.3, 0.4) is 0 Å². The SMILES string of the molecule is Cc1ccc(C(=O)Nc2cccc(-c3cc(C(=O)O)c4cc5c(cc4n3)OCCO5)c2)cc1. The molecule has 0 saturated carbocycles. The van der Waals surface area contributed by atoms with Crippen LogP contribution < -0.4 is 14.8 Å². The van der Waals surface area contributed by atoms with Crippen LogP contribution in [0.2, 0.25) is 0 Å². The van der Waals surface area contributed by atoms with Crippen molar-refractivity contribution in [3.05, 3.63) is 83.4 Å². The molecule has 1 amide bonds. The minimum absolute atomic E-state index is 0.112. The Hall–Kier alpha value is -4.39. The van der Waals surface area contributed by atoms with Gasteiger partial charge in [0.2, 0.25) is 0 Å². The highest BCUT2D eigenvalue weighted by atomic mass is 16.6. The van der Waals surface area contributed by atoms with E-state index in [1.165, 1.54) is 6.07 Å². The van der Waals surface area contributed by atoms with Crippen LogP contribution in [0.4, 0.5) is 5.69 Å². The van der Waals surface area contributed by atoms with Crippen molar-refractivity contribution in [2.45, 2.75) is 6.92 Å². The van der Waals surface area contributed by atoms with Crippen LogP contribution in [0.25, 0.3) is 22.2 Å². The highest BCUT2D eigenvalue weighted by Gasteiger charge is 2.19. The van der Waals surface area contributed by atoms with Gasteiger partial charge >= 0.3 is 5.97 Å². The van der Waals surface area contributed by atoms with Crippen molar-refractivity contribution in [2.75, 3.05) is 18.5 Å². The van der Waals surface area contributed by atoms with Gasteiger partial charge in [0.25, 0.3) is 5.91 Å². The first kappa shape index (κ1) is 20.5. The molecule has 0 atom stereocenters. The molecule has 5 rings (SSSR count). The number of rotatable bonds is 4. The van der Waals surface area contributed by atoms with Crippen molar-refractivity contribution in [3.8, 4) is 22.8 Å². The predicted octanol–water partition coefficient (Wildman–Crippen LogP) is 4.93. The molecule has 2 heterocycles. The summed E-state index contributed by atoms with van der Waals surface area (Å²) >= 11 is 0. The summed E-state index contributed by atoms with van der Waals surface area (Å²) < 4.78 is 11.2. The molecule has 7 heteroatoms. The molecule has 0 radical (unpaired) electrons. The molecule has 0 bridgehead atoms. The molecule has 164 valence electrons. The summed E-state index contributed by atoms with van der Waals surface area (Å²) in [5.74, 6) is -0.252. The van der Waals surface area contributed by atoms with Gasteiger partial charge in [-0.05, 0) is 43.3 Å². The Morgan fingerprint density at radius 3 is 2.39 bits per heavy atom. The van der Waals surface area contributed by atoms with E-state index in [2.05, 4.69) is 10.3 Å². The summed E-state index contributed by atoms with van der Waals surface area (Å²) in [6.45, 7) is 2.79. The summed E-state index contributed by atoms with van der Waals surface area (Å²) in [4.78, 5) is 29.3. The maximum absolute atomic E-state index is 12.6. The van der Waals surface area contributed by atoms with E-state index in [4.69, 9.17) is 9.47 Å². The Balaban J connectivity index is 1.53. The second-order valence-corrected chi connectivity index (χ2v) is 7.77. The number of carboxylic acid groups (broad SMARTS) is 1. The van der Waals surface area contributed by atoms with Crippen molar-refractivity contribution < 1.29 is 24.2 Å². The lowest BCUT2D eigenvalue weighted by Gasteiger charge is -2.19. The number of anilines is 1. The van der Waals surface area contributed by atoms with E-state index in [0.29, 0.717) is 58.1 Å². The molecule has 1 aliphatic heterocycles. The number of ether oxygens (including phenoxy) is 2. The molecule has 0 fully saturated rings. The lowest BCUT2D eigenvalue weighted by atomic mass is 10.0. The third-order valence-electron chi connectivity index (χ3n) is 5.43. The Bertz CT molecular complexity index is 1400. The molecular weight excluding hydrogens is 420 g/mol. The van der Waals surface area contributed by atoms with Crippen molar-refractivity contribution in [3.63, 3.8) is 0 Å². The van der Waals surface area contributed by atoms with Gasteiger partial charge in [-0.15, -0.1) is 0 Å².